The third-order valence-corrected chi connectivity index (χ3v) is 5.87. The second kappa shape index (κ2) is 14.3. The maximum absolute atomic E-state index is 13.2. The number of quaternary nitrogens is 1. The van der Waals surface area contributed by atoms with Gasteiger partial charge in [-0.05, 0) is 42.0 Å². The van der Waals surface area contributed by atoms with Gasteiger partial charge in [-0.2, -0.15) is 15.8 Å². The van der Waals surface area contributed by atoms with Crippen LogP contribution in [-0.4, -0.2) is 30.1 Å². The first-order valence-corrected chi connectivity index (χ1v) is 12.2. The molecule has 0 radical (unpaired) electrons. The lowest BCUT2D eigenvalue weighted by Crippen LogP contribution is -2.99. The third-order valence-electron chi connectivity index (χ3n) is 5.54. The Balaban J connectivity index is 1.92. The van der Waals surface area contributed by atoms with Gasteiger partial charge in [0.1, 0.15) is 5.70 Å². The number of nitrogens with zero attached hydrogens (tertiary/aromatic N) is 3. The fourth-order valence-electron chi connectivity index (χ4n) is 3.59. The van der Waals surface area contributed by atoms with E-state index in [1.165, 1.54) is 18.2 Å². The average Bonchev–Trinajstić information content (AvgIpc) is 2.94. The lowest BCUT2D eigenvalue weighted by Gasteiger charge is -2.22. The van der Waals surface area contributed by atoms with Gasteiger partial charge in [-0.25, -0.2) is 5.21 Å². The number of para-hydroxylation sites is 1. The molecule has 0 spiro atoms. The lowest BCUT2D eigenvalue weighted by atomic mass is 10.1. The van der Waals surface area contributed by atoms with Gasteiger partial charge in [0.2, 0.25) is 0 Å². The van der Waals surface area contributed by atoms with Crippen molar-refractivity contribution in [1.29, 1.82) is 10.5 Å². The highest BCUT2D eigenvalue weighted by atomic mass is 35.5. The van der Waals surface area contributed by atoms with Gasteiger partial charge >= 0.3 is 0 Å². The number of carbonyl (C=O) groups excluding carboxylic acids is 2. The van der Waals surface area contributed by atoms with Crippen molar-refractivity contribution in [2.45, 2.75) is 12.8 Å². The van der Waals surface area contributed by atoms with Crippen molar-refractivity contribution in [3.63, 3.8) is 0 Å². The number of benzene rings is 3. The minimum atomic E-state index is -1.23. The van der Waals surface area contributed by atoms with Crippen LogP contribution in [0.3, 0.4) is 0 Å². The summed E-state index contributed by atoms with van der Waals surface area (Å²) in [5.74, 6) is -1.36. The number of nitrogens with one attached hydrogen (secondary N) is 3. The van der Waals surface area contributed by atoms with E-state index < -0.39 is 17.0 Å². The van der Waals surface area contributed by atoms with Crippen LogP contribution in [0.25, 0.3) is 6.08 Å². The number of rotatable bonds is 11. The highest BCUT2D eigenvalue weighted by molar-refractivity contribution is 6.34. The van der Waals surface area contributed by atoms with Crippen LogP contribution in [0, 0.1) is 27.9 Å². The van der Waals surface area contributed by atoms with Crippen LogP contribution in [0.1, 0.15) is 28.8 Å². The molecule has 0 bridgehead atoms. The molecule has 0 heterocycles. The highest BCUT2D eigenvalue weighted by Crippen LogP contribution is 2.21. The van der Waals surface area contributed by atoms with E-state index in [1.807, 2.05) is 4.90 Å². The number of nitriles is 2. The highest BCUT2D eigenvalue weighted by Gasteiger charge is 2.19. The molecule has 4 N–H and O–H groups in total. The number of halogens is 1. The molecule has 1 unspecified atom stereocenters. The van der Waals surface area contributed by atoms with Gasteiger partial charge in [-0.1, -0.05) is 41.9 Å². The summed E-state index contributed by atoms with van der Waals surface area (Å²) in [4.78, 5) is 28.2. The Hall–Kier alpha value is -4.71. The second-order valence-corrected chi connectivity index (χ2v) is 8.63. The molecule has 0 aliphatic carbocycles. The Morgan fingerprint density at radius 1 is 1.00 bits per heavy atom. The van der Waals surface area contributed by atoms with Crippen LogP contribution in [0.15, 0.2) is 78.5 Å². The molecule has 0 aliphatic rings. The summed E-state index contributed by atoms with van der Waals surface area (Å²) >= 11 is 6.15. The number of anilines is 2. The van der Waals surface area contributed by atoms with Crippen LogP contribution in [0.2, 0.25) is 5.02 Å². The van der Waals surface area contributed by atoms with Crippen LogP contribution in [0.5, 0.6) is 0 Å². The zero-order valence-corrected chi connectivity index (χ0v) is 21.5. The third kappa shape index (κ3) is 8.40. The van der Waals surface area contributed by atoms with E-state index in [-0.39, 0.29) is 22.0 Å². The molecule has 2 amide bonds. The SMILES string of the molecule is N#CCCN(CCC#N)c1ccc(/C=C(\NC(=O)c2cc([NH+]([O-])O)ccc2Cl)C(=O)Nc2ccccc2)cc1. The van der Waals surface area contributed by atoms with Crippen molar-refractivity contribution >= 4 is 46.6 Å². The van der Waals surface area contributed by atoms with Gasteiger partial charge in [0.15, 0.2) is 5.69 Å². The van der Waals surface area contributed by atoms with Gasteiger partial charge in [-0.3, -0.25) is 9.59 Å². The molecule has 0 aromatic heterocycles. The molecule has 3 rings (SSSR count). The molecule has 0 aliphatic heterocycles. The molecule has 10 nitrogen and oxygen atoms in total. The van der Waals surface area contributed by atoms with Crippen molar-refractivity contribution in [3.8, 4) is 12.1 Å². The van der Waals surface area contributed by atoms with Crippen LogP contribution < -0.4 is 20.8 Å². The van der Waals surface area contributed by atoms with Gasteiger partial charge in [0.25, 0.3) is 11.8 Å². The molecular formula is C28H25ClN6O4. The summed E-state index contributed by atoms with van der Waals surface area (Å²) in [5.41, 5.74) is 1.57. The van der Waals surface area contributed by atoms with E-state index in [0.717, 1.165) is 11.8 Å². The minimum Gasteiger partial charge on any atom is -0.595 e. The number of carbonyl (C=O) groups is 2. The summed E-state index contributed by atoms with van der Waals surface area (Å²) in [6.45, 7) is 0.925. The molecule has 3 aromatic carbocycles. The second-order valence-electron chi connectivity index (χ2n) is 8.23. The first kappa shape index (κ1) is 28.9. The van der Waals surface area contributed by atoms with Gasteiger partial charge < -0.3 is 20.7 Å². The molecule has 3 aromatic rings. The predicted octanol–water partition coefficient (Wildman–Crippen LogP) is 3.79. The van der Waals surface area contributed by atoms with Crippen molar-refractivity contribution in [2.75, 3.05) is 23.3 Å². The summed E-state index contributed by atoms with van der Waals surface area (Å²) in [6.07, 6.45) is 2.08. The number of hydrogen-bond donors (Lipinski definition) is 4. The van der Waals surface area contributed by atoms with Crippen LogP contribution in [-0.2, 0) is 4.79 Å². The Morgan fingerprint density at radius 2 is 1.64 bits per heavy atom. The van der Waals surface area contributed by atoms with Gasteiger partial charge in [0, 0.05) is 36.6 Å². The monoisotopic (exact) mass is 544 g/mol. The van der Waals surface area contributed by atoms with E-state index in [4.69, 9.17) is 22.1 Å². The summed E-state index contributed by atoms with van der Waals surface area (Å²) < 4.78 is 0. The number of amides is 2. The zero-order chi connectivity index (χ0) is 28.2. The maximum Gasteiger partial charge on any atom is 0.272 e. The normalized spacial score (nSPS) is 11.6. The molecule has 198 valence electrons. The van der Waals surface area contributed by atoms with Crippen LogP contribution >= 0.6 is 11.6 Å². The van der Waals surface area contributed by atoms with Gasteiger partial charge in [0.05, 0.1) is 35.6 Å². The Bertz CT molecular complexity index is 1390. The largest absolute Gasteiger partial charge is 0.595 e. The van der Waals surface area contributed by atoms with E-state index in [9.17, 15) is 20.0 Å². The first-order valence-electron chi connectivity index (χ1n) is 11.8. The summed E-state index contributed by atoms with van der Waals surface area (Å²) in [7, 11) is 0. The quantitative estimate of drug-likeness (QED) is 0.211. The smallest absolute Gasteiger partial charge is 0.272 e. The minimum absolute atomic E-state index is 0.0273. The molecule has 11 heteroatoms. The van der Waals surface area contributed by atoms with E-state index >= 15 is 0 Å². The Morgan fingerprint density at radius 3 is 2.23 bits per heavy atom. The fourth-order valence-corrected chi connectivity index (χ4v) is 3.79. The van der Waals surface area contributed by atoms with E-state index in [1.54, 1.807) is 54.6 Å². The molecule has 0 saturated heterocycles. The lowest BCUT2D eigenvalue weighted by molar-refractivity contribution is -0.991. The molecule has 0 fully saturated rings. The average molecular weight is 545 g/mol. The van der Waals surface area contributed by atoms with E-state index in [0.29, 0.717) is 37.2 Å². The maximum atomic E-state index is 13.2. The van der Waals surface area contributed by atoms with Crippen LogP contribution in [0.4, 0.5) is 17.1 Å². The van der Waals surface area contributed by atoms with Crippen molar-refractivity contribution in [3.05, 3.63) is 99.9 Å². The molecule has 0 saturated carbocycles. The fraction of sp³-hybridized carbons (Fsp3) is 0.143. The Labute approximate surface area is 230 Å². The Kier molecular flexibility index (Phi) is 10.6. The molecule has 1 atom stereocenters. The molecular weight excluding hydrogens is 520 g/mol. The standard InChI is InChI=1S/C28H25ClN6O4/c29-25-13-12-23(35(38)39)19-24(25)27(36)33-26(28(37)32-21-6-2-1-3-7-21)18-20-8-10-22(11-9-20)34(16-4-14-30)17-5-15-31/h1-3,6-13,18-19,35,38H,4-5,16-17H2,(H,32,37)(H,33,36)/b26-18-. The molecule has 39 heavy (non-hydrogen) atoms. The summed E-state index contributed by atoms with van der Waals surface area (Å²) in [5, 5.41) is 42.6. The van der Waals surface area contributed by atoms with Crippen molar-refractivity contribution < 1.29 is 20.0 Å². The van der Waals surface area contributed by atoms with Gasteiger partial charge in [-0.15, -0.1) is 0 Å². The topological polar surface area (TPSA) is 157 Å². The van der Waals surface area contributed by atoms with Crippen molar-refractivity contribution in [2.24, 2.45) is 0 Å². The zero-order valence-electron chi connectivity index (χ0n) is 20.7. The van der Waals surface area contributed by atoms with E-state index in [2.05, 4.69) is 22.8 Å². The predicted molar refractivity (Wildman–Crippen MR) is 147 cm³/mol. The summed E-state index contributed by atoms with van der Waals surface area (Å²) in [6, 6.07) is 23.6. The van der Waals surface area contributed by atoms with Crippen molar-refractivity contribution in [1.82, 2.24) is 5.32 Å². The number of hydrogen-bond acceptors (Lipinski definition) is 7. The first-order chi connectivity index (χ1) is 18.8.